The second kappa shape index (κ2) is 7.53. The number of fused-ring (bicyclic) bond motifs is 1. The number of halogens is 2. The summed E-state index contributed by atoms with van der Waals surface area (Å²) in [5.74, 6) is -2.46. The molecule has 140 valence electrons. The van der Waals surface area contributed by atoms with Gasteiger partial charge in [0.25, 0.3) is 11.8 Å². The molecular formula is C19H18F2N4O2. The zero-order chi connectivity index (χ0) is 19.6. The molecule has 27 heavy (non-hydrogen) atoms. The number of nitrogens with one attached hydrogen (secondary N) is 2. The predicted molar refractivity (Wildman–Crippen MR) is 96.7 cm³/mol. The number of carbonyl (C=O) groups is 2. The van der Waals surface area contributed by atoms with E-state index in [1.165, 1.54) is 4.40 Å². The lowest BCUT2D eigenvalue weighted by Crippen LogP contribution is -2.29. The Balaban J connectivity index is 1.94. The smallest absolute Gasteiger partial charge is 0.287 e. The Morgan fingerprint density at radius 1 is 1.15 bits per heavy atom. The number of nitrogens with zero attached hydrogens (tertiary/aromatic N) is 2. The summed E-state index contributed by atoms with van der Waals surface area (Å²) >= 11 is 0. The normalized spacial score (nSPS) is 11.0. The van der Waals surface area contributed by atoms with Gasteiger partial charge in [0, 0.05) is 18.8 Å². The van der Waals surface area contributed by atoms with E-state index in [4.69, 9.17) is 0 Å². The van der Waals surface area contributed by atoms with Crippen molar-refractivity contribution in [3.05, 3.63) is 65.7 Å². The van der Waals surface area contributed by atoms with Gasteiger partial charge in [-0.05, 0) is 30.2 Å². The number of amides is 2. The van der Waals surface area contributed by atoms with E-state index in [0.29, 0.717) is 18.1 Å². The number of carbonyl (C=O) groups excluding carboxylic acids is 2. The van der Waals surface area contributed by atoms with Gasteiger partial charge in [-0.2, -0.15) is 0 Å². The summed E-state index contributed by atoms with van der Waals surface area (Å²) in [4.78, 5) is 29.2. The molecule has 0 fully saturated rings. The fourth-order valence-electron chi connectivity index (χ4n) is 2.51. The molecule has 2 N–H and O–H groups in total. The minimum Gasteiger partial charge on any atom is -0.349 e. The molecule has 2 amide bonds. The molecule has 6 nitrogen and oxygen atoms in total. The van der Waals surface area contributed by atoms with Crippen LogP contribution in [-0.4, -0.2) is 27.7 Å². The minimum atomic E-state index is -0.901. The molecule has 3 aromatic rings. The quantitative estimate of drug-likeness (QED) is 0.722. The number of rotatable bonds is 5. The Bertz CT molecular complexity index is 1010. The number of benzene rings is 1. The van der Waals surface area contributed by atoms with Gasteiger partial charge >= 0.3 is 0 Å². The lowest BCUT2D eigenvalue weighted by atomic mass is 10.2. The van der Waals surface area contributed by atoms with E-state index in [-0.39, 0.29) is 23.1 Å². The molecule has 8 heteroatoms. The van der Waals surface area contributed by atoms with Crippen LogP contribution in [0.2, 0.25) is 0 Å². The third kappa shape index (κ3) is 3.94. The van der Waals surface area contributed by atoms with Crippen molar-refractivity contribution in [2.24, 2.45) is 5.92 Å². The molecule has 3 rings (SSSR count). The van der Waals surface area contributed by atoms with Crippen LogP contribution in [-0.2, 0) is 0 Å². The number of hydrogen-bond acceptors (Lipinski definition) is 3. The van der Waals surface area contributed by atoms with E-state index in [9.17, 15) is 18.4 Å². The fourth-order valence-corrected chi connectivity index (χ4v) is 2.51. The van der Waals surface area contributed by atoms with E-state index < -0.39 is 23.4 Å². The average molecular weight is 372 g/mol. The first-order valence-electron chi connectivity index (χ1n) is 8.38. The van der Waals surface area contributed by atoms with Crippen molar-refractivity contribution in [1.82, 2.24) is 14.7 Å². The molecule has 0 aliphatic rings. The van der Waals surface area contributed by atoms with E-state index in [0.717, 1.165) is 12.1 Å². The Morgan fingerprint density at radius 2 is 1.93 bits per heavy atom. The summed E-state index contributed by atoms with van der Waals surface area (Å²) in [5, 5.41) is 5.11. The second-order valence-electron chi connectivity index (χ2n) is 6.42. The molecule has 0 aliphatic carbocycles. The third-order valence-corrected chi connectivity index (χ3v) is 3.82. The highest BCUT2D eigenvalue weighted by molar-refractivity contribution is 6.09. The second-order valence-corrected chi connectivity index (χ2v) is 6.42. The first kappa shape index (κ1) is 18.5. The van der Waals surface area contributed by atoms with Crippen molar-refractivity contribution >= 4 is 23.0 Å². The lowest BCUT2D eigenvalue weighted by molar-refractivity contribution is 0.0938. The Morgan fingerprint density at radius 3 is 2.63 bits per heavy atom. The van der Waals surface area contributed by atoms with E-state index >= 15 is 0 Å². The Hall–Kier alpha value is -3.29. The van der Waals surface area contributed by atoms with Crippen LogP contribution in [0.3, 0.4) is 0 Å². The molecule has 0 saturated carbocycles. The molecule has 0 atom stereocenters. The van der Waals surface area contributed by atoms with Gasteiger partial charge in [-0.1, -0.05) is 19.9 Å². The van der Waals surface area contributed by atoms with Gasteiger partial charge < -0.3 is 10.6 Å². The van der Waals surface area contributed by atoms with Gasteiger partial charge in [0.15, 0.2) is 5.69 Å². The number of pyridine rings is 1. The summed E-state index contributed by atoms with van der Waals surface area (Å²) in [6, 6.07) is 7.86. The minimum absolute atomic E-state index is 0.0333. The van der Waals surface area contributed by atoms with Crippen molar-refractivity contribution in [3.63, 3.8) is 0 Å². The van der Waals surface area contributed by atoms with Gasteiger partial charge in [-0.25, -0.2) is 13.8 Å². The van der Waals surface area contributed by atoms with E-state index in [2.05, 4.69) is 15.6 Å². The van der Waals surface area contributed by atoms with Gasteiger partial charge in [-0.15, -0.1) is 0 Å². The summed E-state index contributed by atoms with van der Waals surface area (Å²) in [5.41, 5.74) is 0.186. The first-order valence-corrected chi connectivity index (χ1v) is 8.38. The van der Waals surface area contributed by atoms with Crippen LogP contribution in [0.15, 0.2) is 42.6 Å². The molecule has 0 saturated heterocycles. The molecule has 2 aromatic heterocycles. The van der Waals surface area contributed by atoms with Crippen LogP contribution in [0.4, 0.5) is 14.5 Å². The third-order valence-electron chi connectivity index (χ3n) is 3.82. The largest absolute Gasteiger partial charge is 0.349 e. The molecule has 0 unspecified atom stereocenters. The highest BCUT2D eigenvalue weighted by Gasteiger charge is 2.22. The Labute approximate surface area is 154 Å². The van der Waals surface area contributed by atoms with Crippen molar-refractivity contribution < 1.29 is 18.4 Å². The van der Waals surface area contributed by atoms with Crippen molar-refractivity contribution in [2.75, 3.05) is 11.9 Å². The maximum absolute atomic E-state index is 13.8. The van der Waals surface area contributed by atoms with Crippen molar-refractivity contribution in [1.29, 1.82) is 0 Å². The lowest BCUT2D eigenvalue weighted by Gasteiger charge is -2.06. The van der Waals surface area contributed by atoms with Gasteiger partial charge in [-0.3, -0.25) is 14.0 Å². The number of imidazole rings is 1. The first-order chi connectivity index (χ1) is 12.9. The molecule has 1 aromatic carbocycles. The molecule has 2 heterocycles. The fraction of sp³-hybridized carbons (Fsp3) is 0.211. The molecule has 0 radical (unpaired) electrons. The maximum atomic E-state index is 13.8. The average Bonchev–Trinajstić information content (AvgIpc) is 3.02. The summed E-state index contributed by atoms with van der Waals surface area (Å²) in [6.07, 6.45) is 1.61. The maximum Gasteiger partial charge on any atom is 0.287 e. The zero-order valence-corrected chi connectivity index (χ0v) is 14.8. The van der Waals surface area contributed by atoms with Gasteiger partial charge in [0.1, 0.15) is 11.6 Å². The number of anilines is 1. The van der Waals surface area contributed by atoms with Crippen LogP contribution in [0, 0.1) is 17.6 Å². The predicted octanol–water partition coefficient (Wildman–Crippen LogP) is 3.25. The number of aromatic nitrogens is 2. The molecular weight excluding hydrogens is 354 g/mol. The highest BCUT2D eigenvalue weighted by atomic mass is 19.1. The summed E-state index contributed by atoms with van der Waals surface area (Å²) in [6.45, 7) is 4.38. The van der Waals surface area contributed by atoms with Crippen LogP contribution >= 0.6 is 0 Å². The SMILES string of the molecule is CC(C)CNC(=O)c1nc(C(=O)Nc2ccc(F)cc2F)c2ccccn12. The van der Waals surface area contributed by atoms with E-state index in [1.807, 2.05) is 13.8 Å². The standard InChI is InChI=1S/C19H18F2N4O2/c1-11(2)10-22-19(27)17-24-16(15-5-3-4-8-25(15)17)18(26)23-14-7-6-12(20)9-13(14)21/h3-9,11H,10H2,1-2H3,(H,22,27)(H,23,26). The number of hydrogen-bond donors (Lipinski definition) is 2. The monoisotopic (exact) mass is 372 g/mol. The van der Waals surface area contributed by atoms with Crippen LogP contribution in [0.1, 0.15) is 35.0 Å². The zero-order valence-electron chi connectivity index (χ0n) is 14.8. The van der Waals surface area contributed by atoms with Crippen LogP contribution in [0.5, 0.6) is 0 Å². The van der Waals surface area contributed by atoms with Crippen LogP contribution < -0.4 is 10.6 Å². The Kier molecular flexibility index (Phi) is 5.16. The van der Waals surface area contributed by atoms with Gasteiger partial charge in [0.05, 0.1) is 11.2 Å². The van der Waals surface area contributed by atoms with E-state index in [1.54, 1.807) is 24.4 Å². The molecule has 0 aliphatic heterocycles. The van der Waals surface area contributed by atoms with Crippen molar-refractivity contribution in [3.8, 4) is 0 Å². The molecule has 0 bridgehead atoms. The molecule has 0 spiro atoms. The summed E-state index contributed by atoms with van der Waals surface area (Å²) < 4.78 is 28.3. The highest BCUT2D eigenvalue weighted by Crippen LogP contribution is 2.19. The summed E-state index contributed by atoms with van der Waals surface area (Å²) in [7, 11) is 0. The topological polar surface area (TPSA) is 75.5 Å². The van der Waals surface area contributed by atoms with Crippen molar-refractivity contribution in [2.45, 2.75) is 13.8 Å². The van der Waals surface area contributed by atoms with Crippen LogP contribution in [0.25, 0.3) is 5.52 Å². The van der Waals surface area contributed by atoms with Gasteiger partial charge in [0.2, 0.25) is 5.82 Å².